The third kappa shape index (κ3) is 6.01. The molecule has 61 heavy (non-hydrogen) atoms. The van der Waals surface area contributed by atoms with Gasteiger partial charge in [-0.25, -0.2) is 0 Å². The van der Waals surface area contributed by atoms with Crippen molar-refractivity contribution in [2.75, 3.05) is 4.90 Å². The Morgan fingerprint density at radius 1 is 0.344 bits per heavy atom. The molecular formula is C58H38N2S. The number of fused-ring (bicyclic) bond motifs is 7. The molecule has 3 heteroatoms. The highest BCUT2D eigenvalue weighted by Crippen LogP contribution is 2.46. The van der Waals surface area contributed by atoms with E-state index >= 15 is 0 Å². The first-order valence-electron chi connectivity index (χ1n) is 20.8. The largest absolute Gasteiger partial charge is 0.310 e. The van der Waals surface area contributed by atoms with E-state index in [0.29, 0.717) is 0 Å². The molecule has 2 nitrogen and oxygen atoms in total. The van der Waals surface area contributed by atoms with E-state index in [1.165, 1.54) is 86.1 Å². The monoisotopic (exact) mass is 794 g/mol. The first-order valence-corrected chi connectivity index (χ1v) is 21.6. The summed E-state index contributed by atoms with van der Waals surface area (Å²) in [7, 11) is 0. The van der Waals surface area contributed by atoms with E-state index in [2.05, 4.69) is 240 Å². The van der Waals surface area contributed by atoms with Gasteiger partial charge in [0.2, 0.25) is 0 Å². The summed E-state index contributed by atoms with van der Waals surface area (Å²) in [4.78, 5) is 2.44. The predicted molar refractivity (Wildman–Crippen MR) is 262 cm³/mol. The molecule has 12 aromatic rings. The summed E-state index contributed by atoms with van der Waals surface area (Å²) < 4.78 is 5.01. The van der Waals surface area contributed by atoms with Gasteiger partial charge in [-0.05, 0) is 93.7 Å². The van der Waals surface area contributed by atoms with Crippen molar-refractivity contribution in [3.05, 3.63) is 231 Å². The van der Waals surface area contributed by atoms with Crippen molar-refractivity contribution in [2.45, 2.75) is 0 Å². The second-order valence-electron chi connectivity index (χ2n) is 15.7. The lowest BCUT2D eigenvalue weighted by Gasteiger charge is -2.28. The van der Waals surface area contributed by atoms with Crippen LogP contribution in [0.15, 0.2) is 231 Å². The average molecular weight is 795 g/mol. The Hall–Kier alpha value is -7.72. The second kappa shape index (κ2) is 14.5. The molecule has 0 unspecified atom stereocenters. The summed E-state index contributed by atoms with van der Waals surface area (Å²) in [5, 5.41) is 7.62. The lowest BCUT2D eigenvalue weighted by atomic mass is 9.98. The number of thiophene rings is 1. The minimum Gasteiger partial charge on any atom is -0.310 e. The zero-order valence-corrected chi connectivity index (χ0v) is 34.1. The maximum Gasteiger partial charge on any atom is 0.0541 e. The number of rotatable bonds is 7. The number of benzene rings is 10. The molecular weight excluding hydrogens is 757 g/mol. The maximum absolute atomic E-state index is 2.44. The summed E-state index contributed by atoms with van der Waals surface area (Å²) in [6, 6.07) is 84.2. The Balaban J connectivity index is 0.997. The lowest BCUT2D eigenvalue weighted by Crippen LogP contribution is -2.11. The zero-order chi connectivity index (χ0) is 40.3. The fourth-order valence-electron chi connectivity index (χ4n) is 9.28. The van der Waals surface area contributed by atoms with Gasteiger partial charge in [0, 0.05) is 59.1 Å². The topological polar surface area (TPSA) is 8.17 Å². The fraction of sp³-hybridized carbons (Fsp3) is 0. The molecule has 0 aliphatic carbocycles. The van der Waals surface area contributed by atoms with Crippen LogP contribution in [0.3, 0.4) is 0 Å². The van der Waals surface area contributed by atoms with Gasteiger partial charge in [-0.1, -0.05) is 170 Å². The van der Waals surface area contributed by atoms with Gasteiger partial charge in [0.25, 0.3) is 0 Å². The molecule has 0 fully saturated rings. The normalized spacial score (nSPS) is 11.6. The van der Waals surface area contributed by atoms with Crippen molar-refractivity contribution in [3.8, 4) is 39.1 Å². The van der Waals surface area contributed by atoms with Crippen LogP contribution in [0.25, 0.3) is 91.8 Å². The standard InChI is InChI=1S/C58H38N2S/c1-2-14-43-37-44(32-31-39(43)13-1)42-29-27-40(28-30-42)41-33-35-45(36-34-41)59(46-15-11-16-47(38-46)60-55-24-8-3-17-48(55)49-18-4-9-25-56(49)60)54-23-7-5-19-50(54)52-21-12-22-53-51-20-6-10-26-57(51)61-58(52)53/h1-38H. The Kier molecular flexibility index (Phi) is 8.39. The predicted octanol–water partition coefficient (Wildman–Crippen LogP) is 16.8. The van der Waals surface area contributed by atoms with Crippen LogP contribution in [0.1, 0.15) is 0 Å². The number of hydrogen-bond donors (Lipinski definition) is 0. The van der Waals surface area contributed by atoms with Gasteiger partial charge in [-0.2, -0.15) is 0 Å². The first-order chi connectivity index (χ1) is 30.2. The van der Waals surface area contributed by atoms with Crippen LogP contribution in [0.5, 0.6) is 0 Å². The molecule has 0 aliphatic heterocycles. The molecule has 0 saturated heterocycles. The molecule has 0 saturated carbocycles. The van der Waals surface area contributed by atoms with Gasteiger partial charge < -0.3 is 9.47 Å². The van der Waals surface area contributed by atoms with Crippen molar-refractivity contribution in [1.29, 1.82) is 0 Å². The van der Waals surface area contributed by atoms with Crippen LogP contribution in [0.4, 0.5) is 17.1 Å². The van der Waals surface area contributed by atoms with E-state index in [0.717, 1.165) is 22.7 Å². The highest BCUT2D eigenvalue weighted by Gasteiger charge is 2.21. The van der Waals surface area contributed by atoms with Crippen molar-refractivity contribution >= 4 is 81.1 Å². The zero-order valence-electron chi connectivity index (χ0n) is 33.2. The molecule has 12 rings (SSSR count). The summed E-state index contributed by atoms with van der Waals surface area (Å²) in [6.07, 6.45) is 0. The minimum atomic E-state index is 1.09. The van der Waals surface area contributed by atoms with Gasteiger partial charge in [-0.15, -0.1) is 11.3 Å². The number of aromatic nitrogens is 1. The molecule has 0 radical (unpaired) electrons. The Morgan fingerprint density at radius 2 is 0.902 bits per heavy atom. The number of anilines is 3. The van der Waals surface area contributed by atoms with Crippen LogP contribution in [-0.2, 0) is 0 Å². The fourth-order valence-corrected chi connectivity index (χ4v) is 10.5. The van der Waals surface area contributed by atoms with E-state index < -0.39 is 0 Å². The Bertz CT molecular complexity index is 3540. The molecule has 0 N–H and O–H groups in total. The summed E-state index contributed by atoms with van der Waals surface area (Å²) in [6.45, 7) is 0. The van der Waals surface area contributed by atoms with Crippen molar-refractivity contribution in [3.63, 3.8) is 0 Å². The molecule has 0 atom stereocenters. The van der Waals surface area contributed by atoms with Crippen molar-refractivity contribution in [1.82, 2.24) is 4.57 Å². The Morgan fingerprint density at radius 3 is 1.67 bits per heavy atom. The van der Waals surface area contributed by atoms with E-state index in [1.54, 1.807) is 0 Å². The molecule has 286 valence electrons. The number of hydrogen-bond acceptors (Lipinski definition) is 2. The average Bonchev–Trinajstić information content (AvgIpc) is 3.88. The highest BCUT2D eigenvalue weighted by molar-refractivity contribution is 7.26. The molecule has 0 aliphatic rings. The minimum absolute atomic E-state index is 1.09. The molecule has 0 spiro atoms. The summed E-state index contributed by atoms with van der Waals surface area (Å²) in [5.41, 5.74) is 14.0. The molecule has 2 aromatic heterocycles. The maximum atomic E-state index is 2.44. The van der Waals surface area contributed by atoms with Crippen molar-refractivity contribution in [2.24, 2.45) is 0 Å². The van der Waals surface area contributed by atoms with Crippen LogP contribution in [0.2, 0.25) is 0 Å². The van der Waals surface area contributed by atoms with Crippen molar-refractivity contribution < 1.29 is 0 Å². The van der Waals surface area contributed by atoms with Gasteiger partial charge >= 0.3 is 0 Å². The first kappa shape index (κ1) is 35.2. The van der Waals surface area contributed by atoms with E-state index in [1.807, 2.05) is 11.3 Å². The van der Waals surface area contributed by atoms with E-state index in [-0.39, 0.29) is 0 Å². The summed E-state index contributed by atoms with van der Waals surface area (Å²) in [5.74, 6) is 0. The van der Waals surface area contributed by atoms with Gasteiger partial charge in [0.05, 0.1) is 16.7 Å². The Labute approximate surface area is 358 Å². The quantitative estimate of drug-likeness (QED) is 0.156. The van der Waals surface area contributed by atoms with Crippen LogP contribution >= 0.6 is 11.3 Å². The lowest BCUT2D eigenvalue weighted by molar-refractivity contribution is 1.17. The van der Waals surface area contributed by atoms with Crippen LogP contribution in [0, 0.1) is 0 Å². The number of para-hydroxylation sites is 3. The third-order valence-electron chi connectivity index (χ3n) is 12.2. The smallest absolute Gasteiger partial charge is 0.0541 e. The number of nitrogens with zero attached hydrogens (tertiary/aromatic N) is 2. The van der Waals surface area contributed by atoms with Gasteiger partial charge in [0.1, 0.15) is 0 Å². The molecule has 0 amide bonds. The second-order valence-corrected chi connectivity index (χ2v) is 16.8. The van der Waals surface area contributed by atoms with Gasteiger partial charge in [-0.3, -0.25) is 0 Å². The molecule has 0 bridgehead atoms. The van der Waals surface area contributed by atoms with E-state index in [9.17, 15) is 0 Å². The molecule has 10 aromatic carbocycles. The third-order valence-corrected chi connectivity index (χ3v) is 13.4. The van der Waals surface area contributed by atoms with Gasteiger partial charge in [0.15, 0.2) is 0 Å². The van der Waals surface area contributed by atoms with Crippen LogP contribution < -0.4 is 4.90 Å². The van der Waals surface area contributed by atoms with Crippen LogP contribution in [-0.4, -0.2) is 4.57 Å². The molecule has 2 heterocycles. The highest BCUT2D eigenvalue weighted by atomic mass is 32.1. The van der Waals surface area contributed by atoms with E-state index in [4.69, 9.17) is 0 Å². The SMILES string of the molecule is c1cc(N(c2ccc(-c3ccc(-c4ccc5ccccc5c4)cc3)cc2)c2ccccc2-c2cccc3c2sc2ccccc23)cc(-n2c3ccccc3c3ccccc32)c1. The summed E-state index contributed by atoms with van der Waals surface area (Å²) >= 11 is 1.88.